The minimum absolute atomic E-state index is 0.00577. The van der Waals surface area contributed by atoms with E-state index in [0.29, 0.717) is 17.9 Å². The highest BCUT2D eigenvalue weighted by Gasteiger charge is 2.30. The predicted molar refractivity (Wildman–Crippen MR) is 113 cm³/mol. The molecule has 1 aromatic heterocycles. The molecule has 5 nitrogen and oxygen atoms in total. The number of aromatic nitrogens is 1. The van der Waals surface area contributed by atoms with Gasteiger partial charge in [-0.1, -0.05) is 23.7 Å². The monoisotopic (exact) mass is 428 g/mol. The van der Waals surface area contributed by atoms with Crippen LogP contribution in [0.2, 0.25) is 5.02 Å². The zero-order chi connectivity index (χ0) is 21.4. The van der Waals surface area contributed by atoms with Crippen molar-refractivity contribution in [3.05, 3.63) is 70.1 Å². The van der Waals surface area contributed by atoms with E-state index in [4.69, 9.17) is 11.6 Å². The maximum atomic E-state index is 13.9. The first kappa shape index (κ1) is 20.4. The van der Waals surface area contributed by atoms with Gasteiger partial charge in [-0.05, 0) is 60.7 Å². The van der Waals surface area contributed by atoms with Crippen molar-refractivity contribution in [1.29, 1.82) is 0 Å². The van der Waals surface area contributed by atoms with Crippen molar-refractivity contribution in [2.45, 2.75) is 38.3 Å². The molecule has 1 amide bonds. The van der Waals surface area contributed by atoms with Crippen LogP contribution in [0.4, 0.5) is 4.39 Å². The average Bonchev–Trinajstić information content (AvgIpc) is 3.01. The molecule has 0 saturated heterocycles. The van der Waals surface area contributed by atoms with Gasteiger partial charge in [-0.15, -0.1) is 0 Å². The Balaban J connectivity index is 1.60. The van der Waals surface area contributed by atoms with Crippen molar-refractivity contribution in [3.63, 3.8) is 0 Å². The molecule has 1 atom stereocenters. The van der Waals surface area contributed by atoms with Gasteiger partial charge in [-0.25, -0.2) is 4.39 Å². The molecule has 1 heterocycles. The fraction of sp³-hybridized carbons (Fsp3) is 0.304. The van der Waals surface area contributed by atoms with Gasteiger partial charge in [0.05, 0.1) is 6.42 Å². The van der Waals surface area contributed by atoms with Crippen LogP contribution in [0, 0.1) is 5.82 Å². The first-order valence-corrected chi connectivity index (χ1v) is 10.2. The second-order valence-electron chi connectivity index (χ2n) is 7.77. The van der Waals surface area contributed by atoms with Crippen molar-refractivity contribution in [2.24, 2.45) is 0 Å². The van der Waals surface area contributed by atoms with E-state index in [2.05, 4.69) is 0 Å². The maximum absolute atomic E-state index is 13.9. The van der Waals surface area contributed by atoms with Crippen LogP contribution in [0.3, 0.4) is 0 Å². The zero-order valence-electron chi connectivity index (χ0n) is 16.6. The Hall–Kier alpha value is -2.86. The Bertz CT molecular complexity index is 1120. The van der Waals surface area contributed by atoms with E-state index in [0.717, 1.165) is 34.1 Å². The van der Waals surface area contributed by atoms with Gasteiger partial charge in [0.25, 0.3) is 0 Å². The molecule has 3 aromatic rings. The lowest BCUT2D eigenvalue weighted by atomic mass is 9.90. The van der Waals surface area contributed by atoms with Gasteiger partial charge in [0.15, 0.2) is 0 Å². The van der Waals surface area contributed by atoms with Crippen LogP contribution < -0.4 is 0 Å². The summed E-state index contributed by atoms with van der Waals surface area (Å²) in [6, 6.07) is 11.6. The minimum Gasteiger partial charge on any atom is -0.480 e. The number of carboxylic acid groups (broad SMARTS) is 1. The molecule has 0 radical (unpaired) electrons. The number of hydrogen-bond acceptors (Lipinski definition) is 2. The Morgan fingerprint density at radius 1 is 1.23 bits per heavy atom. The number of carboxylic acids is 1. The predicted octanol–water partition coefficient (Wildman–Crippen LogP) is 4.08. The van der Waals surface area contributed by atoms with Gasteiger partial charge in [0.1, 0.15) is 12.4 Å². The molecule has 0 aliphatic heterocycles. The number of likely N-dealkylation sites (N-methyl/N-ethyl adjacent to an activating group) is 1. The van der Waals surface area contributed by atoms with Gasteiger partial charge in [-0.2, -0.15) is 0 Å². The van der Waals surface area contributed by atoms with E-state index in [1.165, 1.54) is 12.1 Å². The van der Waals surface area contributed by atoms with E-state index in [9.17, 15) is 19.1 Å². The lowest BCUT2D eigenvalue weighted by Crippen LogP contribution is -2.41. The summed E-state index contributed by atoms with van der Waals surface area (Å²) in [5.74, 6) is -1.28. The Morgan fingerprint density at radius 3 is 2.67 bits per heavy atom. The number of benzene rings is 2. The van der Waals surface area contributed by atoms with E-state index in [1.807, 2.05) is 12.1 Å². The molecule has 4 rings (SSSR count). The summed E-state index contributed by atoms with van der Waals surface area (Å²) in [6.45, 7) is -0.159. The van der Waals surface area contributed by atoms with E-state index >= 15 is 0 Å². The van der Waals surface area contributed by atoms with E-state index < -0.39 is 5.97 Å². The van der Waals surface area contributed by atoms with Crippen LogP contribution in [0.5, 0.6) is 0 Å². The minimum atomic E-state index is -0.934. The number of hydrogen-bond donors (Lipinski definition) is 1. The molecule has 0 unspecified atom stereocenters. The molecule has 0 bridgehead atoms. The van der Waals surface area contributed by atoms with Crippen molar-refractivity contribution < 1.29 is 19.1 Å². The number of carbonyl (C=O) groups excluding carboxylic acids is 1. The van der Waals surface area contributed by atoms with Gasteiger partial charge < -0.3 is 14.6 Å². The average molecular weight is 429 g/mol. The number of halogens is 2. The zero-order valence-corrected chi connectivity index (χ0v) is 17.3. The third-order valence-electron chi connectivity index (χ3n) is 5.91. The molecule has 30 heavy (non-hydrogen) atoms. The Morgan fingerprint density at radius 2 is 1.97 bits per heavy atom. The van der Waals surface area contributed by atoms with E-state index in [1.54, 1.807) is 34.7 Å². The van der Waals surface area contributed by atoms with Crippen LogP contribution in [0.1, 0.15) is 23.2 Å². The third kappa shape index (κ3) is 3.92. The van der Waals surface area contributed by atoms with Gasteiger partial charge in [0, 0.05) is 34.7 Å². The lowest BCUT2D eigenvalue weighted by Gasteiger charge is -2.32. The molecule has 156 valence electrons. The molecule has 0 spiro atoms. The molecule has 2 aromatic carbocycles. The Kier molecular flexibility index (Phi) is 5.52. The molecule has 0 fully saturated rings. The summed E-state index contributed by atoms with van der Waals surface area (Å²) in [6.07, 6.45) is 2.23. The van der Waals surface area contributed by atoms with Crippen LogP contribution in [-0.4, -0.2) is 39.5 Å². The highest BCUT2D eigenvalue weighted by Crippen LogP contribution is 2.34. The van der Waals surface area contributed by atoms with Crippen molar-refractivity contribution in [1.82, 2.24) is 9.47 Å². The molecule has 1 N–H and O–H groups in total. The maximum Gasteiger partial charge on any atom is 0.323 e. The smallest absolute Gasteiger partial charge is 0.323 e. The lowest BCUT2D eigenvalue weighted by molar-refractivity contribution is -0.137. The first-order chi connectivity index (χ1) is 14.3. The second kappa shape index (κ2) is 8.11. The molecule has 1 aliphatic carbocycles. The molecule has 0 saturated carbocycles. The molecule has 1 aliphatic rings. The van der Waals surface area contributed by atoms with Crippen LogP contribution in [-0.2, 0) is 35.4 Å². The number of aliphatic carboxylic acids is 1. The quantitative estimate of drug-likeness (QED) is 0.666. The number of fused-ring (bicyclic) bond motifs is 3. The summed E-state index contributed by atoms with van der Waals surface area (Å²) in [4.78, 5) is 26.0. The fourth-order valence-electron chi connectivity index (χ4n) is 4.36. The molecular formula is C23H22ClFN2O3. The fourth-order valence-corrected chi connectivity index (χ4v) is 4.48. The number of amides is 1. The van der Waals surface area contributed by atoms with Crippen molar-refractivity contribution >= 4 is 34.4 Å². The number of rotatable bonds is 5. The highest BCUT2D eigenvalue weighted by molar-refractivity contribution is 6.30. The summed E-state index contributed by atoms with van der Waals surface area (Å²) in [7, 11) is 1.80. The van der Waals surface area contributed by atoms with Crippen LogP contribution in [0.25, 0.3) is 10.9 Å². The molecule has 7 heteroatoms. The summed E-state index contributed by atoms with van der Waals surface area (Å²) < 4.78 is 15.7. The summed E-state index contributed by atoms with van der Waals surface area (Å²) >= 11 is 5.91. The Labute approximate surface area is 178 Å². The first-order valence-electron chi connectivity index (χ1n) is 9.85. The SMILES string of the molecule is CN(C(=O)Cc1ccc(Cl)cc1)[C@H]1CCc2c(c3cc(F)ccc3n2CC(=O)O)C1. The summed E-state index contributed by atoms with van der Waals surface area (Å²) in [5.41, 5.74) is 3.48. The largest absolute Gasteiger partial charge is 0.480 e. The number of carbonyl (C=O) groups is 2. The van der Waals surface area contributed by atoms with E-state index in [-0.39, 0.29) is 30.7 Å². The van der Waals surface area contributed by atoms with Gasteiger partial charge in [0.2, 0.25) is 5.91 Å². The van der Waals surface area contributed by atoms with Gasteiger partial charge >= 0.3 is 5.97 Å². The van der Waals surface area contributed by atoms with Crippen LogP contribution in [0.15, 0.2) is 42.5 Å². The standard InChI is InChI=1S/C23H22ClFN2O3/c1-26(22(28)10-14-2-4-15(24)5-3-14)17-7-9-21-19(12-17)18-11-16(25)6-8-20(18)27(21)13-23(29)30/h2-6,8,11,17H,7,9-10,12-13H2,1H3,(H,29,30)/t17-/m0/s1. The van der Waals surface area contributed by atoms with Crippen molar-refractivity contribution in [2.75, 3.05) is 7.05 Å². The highest BCUT2D eigenvalue weighted by atomic mass is 35.5. The second-order valence-corrected chi connectivity index (χ2v) is 8.21. The van der Waals surface area contributed by atoms with Crippen LogP contribution >= 0.6 is 11.6 Å². The third-order valence-corrected chi connectivity index (χ3v) is 6.16. The number of nitrogens with zero attached hydrogens (tertiary/aromatic N) is 2. The van der Waals surface area contributed by atoms with Crippen molar-refractivity contribution in [3.8, 4) is 0 Å². The normalized spacial score (nSPS) is 15.8. The topological polar surface area (TPSA) is 62.5 Å². The molecular weight excluding hydrogens is 407 g/mol. The van der Waals surface area contributed by atoms with Gasteiger partial charge in [-0.3, -0.25) is 9.59 Å². The summed E-state index contributed by atoms with van der Waals surface area (Å²) in [5, 5.41) is 10.7.